The van der Waals surface area contributed by atoms with Gasteiger partial charge in [0.15, 0.2) is 0 Å². The molecule has 2 bridgehead atoms. The number of nitrogens with one attached hydrogen (secondary N) is 1. The van der Waals surface area contributed by atoms with Crippen molar-refractivity contribution in [3.63, 3.8) is 0 Å². The number of hydrogen-bond donors (Lipinski definition) is 1. The molecule has 15 heavy (non-hydrogen) atoms. The summed E-state index contributed by atoms with van der Waals surface area (Å²) in [5.41, 5.74) is 0. The maximum absolute atomic E-state index is 5.62. The van der Waals surface area contributed by atoms with E-state index in [-0.39, 0.29) is 0 Å². The zero-order chi connectivity index (χ0) is 9.99. The van der Waals surface area contributed by atoms with Gasteiger partial charge >= 0.3 is 0 Å². The summed E-state index contributed by atoms with van der Waals surface area (Å²) in [5.74, 6) is 4.32. The summed E-state index contributed by atoms with van der Waals surface area (Å²) in [6, 6.07) is 1.53. The van der Waals surface area contributed by atoms with Crippen molar-refractivity contribution >= 4 is 0 Å². The van der Waals surface area contributed by atoms with E-state index in [1.54, 1.807) is 6.42 Å². The molecule has 2 heteroatoms. The highest BCUT2D eigenvalue weighted by Gasteiger charge is 2.65. The van der Waals surface area contributed by atoms with Crippen molar-refractivity contribution in [3.05, 3.63) is 0 Å². The third-order valence-electron chi connectivity index (χ3n) is 5.52. The fourth-order valence-electron chi connectivity index (χ4n) is 4.75. The van der Waals surface area contributed by atoms with E-state index in [0.717, 1.165) is 36.3 Å². The SMILES string of the molecule is CC1OCCC1NC1C2C3CCC(C3)C12. The molecule has 6 unspecified atom stereocenters. The average Bonchev–Trinajstić information content (AvgIpc) is 2.62. The average molecular weight is 207 g/mol. The first-order valence-corrected chi connectivity index (χ1v) is 6.72. The minimum atomic E-state index is 0.448. The molecular weight excluding hydrogens is 186 g/mol. The maximum atomic E-state index is 5.62. The molecule has 0 aromatic carbocycles. The summed E-state index contributed by atoms with van der Waals surface area (Å²) in [5, 5.41) is 3.88. The fourth-order valence-corrected chi connectivity index (χ4v) is 4.75. The first kappa shape index (κ1) is 9.00. The summed E-state index contributed by atoms with van der Waals surface area (Å²) in [6.45, 7) is 3.19. The van der Waals surface area contributed by atoms with Crippen LogP contribution in [0, 0.1) is 23.7 Å². The van der Waals surface area contributed by atoms with Crippen molar-refractivity contribution in [1.82, 2.24) is 5.32 Å². The van der Waals surface area contributed by atoms with Gasteiger partial charge in [-0.2, -0.15) is 0 Å². The third kappa shape index (κ3) is 1.18. The Morgan fingerprint density at radius 1 is 1.07 bits per heavy atom. The van der Waals surface area contributed by atoms with Crippen molar-refractivity contribution < 1.29 is 4.74 Å². The highest BCUT2D eigenvalue weighted by molar-refractivity contribution is 5.17. The zero-order valence-corrected chi connectivity index (χ0v) is 9.49. The summed E-state index contributed by atoms with van der Waals surface area (Å²) in [7, 11) is 0. The molecule has 2 nitrogen and oxygen atoms in total. The van der Waals surface area contributed by atoms with Crippen LogP contribution >= 0.6 is 0 Å². The lowest BCUT2D eigenvalue weighted by Gasteiger charge is -2.18. The Balaban J connectivity index is 1.41. The molecule has 3 saturated carbocycles. The van der Waals surface area contributed by atoms with Gasteiger partial charge < -0.3 is 10.1 Å². The summed E-state index contributed by atoms with van der Waals surface area (Å²) in [6.07, 6.45) is 6.29. The topological polar surface area (TPSA) is 21.3 Å². The minimum Gasteiger partial charge on any atom is -0.377 e. The molecule has 1 heterocycles. The summed E-state index contributed by atoms with van der Waals surface area (Å²) in [4.78, 5) is 0. The standard InChI is InChI=1S/C13H21NO/c1-7-10(4-5-15-7)14-13-11-8-2-3-9(6-8)12(11)13/h7-14H,2-6H2,1H3. The van der Waals surface area contributed by atoms with Gasteiger partial charge in [-0.15, -0.1) is 0 Å². The van der Waals surface area contributed by atoms with Gasteiger partial charge in [-0.1, -0.05) is 0 Å². The van der Waals surface area contributed by atoms with Crippen LogP contribution in [0.2, 0.25) is 0 Å². The molecule has 1 saturated heterocycles. The normalized spacial score (nSPS) is 61.0. The van der Waals surface area contributed by atoms with E-state index in [1.807, 2.05) is 0 Å². The molecule has 4 rings (SSSR count). The van der Waals surface area contributed by atoms with E-state index >= 15 is 0 Å². The van der Waals surface area contributed by atoms with Crippen molar-refractivity contribution in [3.8, 4) is 0 Å². The van der Waals surface area contributed by atoms with Crippen LogP contribution in [0.4, 0.5) is 0 Å². The quantitative estimate of drug-likeness (QED) is 0.745. The lowest BCUT2D eigenvalue weighted by molar-refractivity contribution is 0.112. The van der Waals surface area contributed by atoms with Crippen LogP contribution in [-0.4, -0.2) is 24.8 Å². The van der Waals surface area contributed by atoms with Gasteiger partial charge in [-0.25, -0.2) is 0 Å². The Labute approximate surface area is 91.8 Å². The second-order valence-corrected chi connectivity index (χ2v) is 6.15. The van der Waals surface area contributed by atoms with Crippen molar-refractivity contribution in [2.75, 3.05) is 6.61 Å². The molecule has 1 N–H and O–H groups in total. The Bertz CT molecular complexity index is 264. The van der Waals surface area contributed by atoms with Gasteiger partial charge in [0.25, 0.3) is 0 Å². The summed E-state index contributed by atoms with van der Waals surface area (Å²) < 4.78 is 5.62. The lowest BCUT2D eigenvalue weighted by atomic mass is 10.0. The molecule has 0 aromatic rings. The minimum absolute atomic E-state index is 0.448. The predicted molar refractivity (Wildman–Crippen MR) is 58.6 cm³/mol. The fraction of sp³-hybridized carbons (Fsp3) is 1.00. The predicted octanol–water partition coefficient (Wildman–Crippen LogP) is 1.80. The second kappa shape index (κ2) is 2.98. The zero-order valence-electron chi connectivity index (χ0n) is 9.49. The lowest BCUT2D eigenvalue weighted by Crippen LogP contribution is -2.38. The molecule has 6 atom stereocenters. The highest BCUT2D eigenvalue weighted by atomic mass is 16.5. The van der Waals surface area contributed by atoms with Crippen LogP contribution in [0.25, 0.3) is 0 Å². The first-order valence-electron chi connectivity index (χ1n) is 6.72. The number of hydrogen-bond acceptors (Lipinski definition) is 2. The second-order valence-electron chi connectivity index (χ2n) is 6.15. The molecule has 4 fully saturated rings. The van der Waals surface area contributed by atoms with Gasteiger partial charge in [0.1, 0.15) is 0 Å². The van der Waals surface area contributed by atoms with Crippen LogP contribution in [-0.2, 0) is 4.74 Å². The molecule has 0 aromatic heterocycles. The molecule has 4 aliphatic rings. The molecule has 1 aliphatic heterocycles. The van der Waals surface area contributed by atoms with E-state index in [4.69, 9.17) is 4.74 Å². The smallest absolute Gasteiger partial charge is 0.0700 e. The third-order valence-corrected chi connectivity index (χ3v) is 5.52. The van der Waals surface area contributed by atoms with Crippen LogP contribution in [0.1, 0.15) is 32.6 Å². The number of ether oxygens (including phenoxy) is 1. The van der Waals surface area contributed by atoms with Gasteiger partial charge in [-0.3, -0.25) is 0 Å². The van der Waals surface area contributed by atoms with Crippen LogP contribution in [0.3, 0.4) is 0 Å². The van der Waals surface area contributed by atoms with E-state index in [2.05, 4.69) is 12.2 Å². The Kier molecular flexibility index (Phi) is 1.79. The Morgan fingerprint density at radius 2 is 1.80 bits per heavy atom. The number of fused-ring (bicyclic) bond motifs is 5. The van der Waals surface area contributed by atoms with Gasteiger partial charge in [0, 0.05) is 18.7 Å². The van der Waals surface area contributed by atoms with Crippen molar-refractivity contribution in [2.24, 2.45) is 23.7 Å². The Hall–Kier alpha value is -0.0800. The monoisotopic (exact) mass is 207 g/mol. The van der Waals surface area contributed by atoms with Gasteiger partial charge in [0.05, 0.1) is 6.10 Å². The van der Waals surface area contributed by atoms with E-state index in [9.17, 15) is 0 Å². The van der Waals surface area contributed by atoms with Crippen LogP contribution in [0.5, 0.6) is 0 Å². The largest absolute Gasteiger partial charge is 0.377 e. The molecular formula is C13H21NO. The first-order chi connectivity index (χ1) is 7.34. The maximum Gasteiger partial charge on any atom is 0.0700 e. The molecule has 84 valence electrons. The Morgan fingerprint density at radius 3 is 2.40 bits per heavy atom. The van der Waals surface area contributed by atoms with E-state index < -0.39 is 0 Å². The highest BCUT2D eigenvalue weighted by Crippen LogP contribution is 2.65. The summed E-state index contributed by atoms with van der Waals surface area (Å²) >= 11 is 0. The van der Waals surface area contributed by atoms with Gasteiger partial charge in [-0.05, 0) is 56.3 Å². The molecule has 0 amide bonds. The van der Waals surface area contributed by atoms with Crippen molar-refractivity contribution in [2.45, 2.75) is 50.8 Å². The number of rotatable bonds is 2. The van der Waals surface area contributed by atoms with E-state index in [0.29, 0.717) is 12.1 Å². The van der Waals surface area contributed by atoms with E-state index in [1.165, 1.54) is 19.3 Å². The molecule has 0 radical (unpaired) electrons. The molecule has 3 aliphatic carbocycles. The molecule has 0 spiro atoms. The van der Waals surface area contributed by atoms with Gasteiger partial charge in [0.2, 0.25) is 0 Å². The van der Waals surface area contributed by atoms with Crippen molar-refractivity contribution in [1.29, 1.82) is 0 Å². The van der Waals surface area contributed by atoms with Crippen LogP contribution < -0.4 is 5.32 Å². The van der Waals surface area contributed by atoms with Crippen LogP contribution in [0.15, 0.2) is 0 Å².